The van der Waals surface area contributed by atoms with Crippen LogP contribution in [0.15, 0.2) is 66.9 Å². The van der Waals surface area contributed by atoms with E-state index >= 15 is 0 Å². The molecule has 0 saturated carbocycles. The molecular weight excluding hydrogens is 628 g/mol. The highest BCUT2D eigenvalue weighted by atomic mass is 16.7. The zero-order chi connectivity index (χ0) is 36.0. The molecule has 3 N–H and O–H groups in total. The Bertz CT molecular complexity index is 1520. The average molecular weight is 679 g/mol. The van der Waals surface area contributed by atoms with Gasteiger partial charge in [0, 0.05) is 44.9 Å². The van der Waals surface area contributed by atoms with E-state index in [1.165, 1.54) is 17.0 Å². The van der Waals surface area contributed by atoms with Crippen LogP contribution < -0.4 is 16.1 Å². The fourth-order valence-electron chi connectivity index (χ4n) is 5.14. The number of rotatable bonds is 17. The van der Waals surface area contributed by atoms with Crippen molar-refractivity contribution >= 4 is 34.7 Å². The Morgan fingerprint density at radius 3 is 2.24 bits per heavy atom. The molecule has 4 amide bonds. The standard InChI is InChI=1S/C36H50N6O7/c1-8-47-34(48-9-2)25(3)42(23-28-18-13-17-27-19-14-20-37-32(27)28)33(45)29(21-31(44)49-36(4,5)6)39-30(43)24-41(7)40-35(46)38-22-26-15-11-10-12-16-26/h10-20,25,29,34H,8-9,21-24H2,1-7H3,(H,39,43)(H2,38,40,46). The number of benzene rings is 2. The van der Waals surface area contributed by atoms with Crippen LogP contribution in [0.2, 0.25) is 0 Å². The molecule has 49 heavy (non-hydrogen) atoms. The summed E-state index contributed by atoms with van der Waals surface area (Å²) in [6, 6.07) is 16.4. The van der Waals surface area contributed by atoms with Gasteiger partial charge in [-0.2, -0.15) is 0 Å². The molecule has 2 atom stereocenters. The van der Waals surface area contributed by atoms with Crippen LogP contribution in [0, 0.1) is 0 Å². The van der Waals surface area contributed by atoms with E-state index in [9.17, 15) is 19.2 Å². The smallest absolute Gasteiger partial charge is 0.329 e. The Kier molecular flexibility index (Phi) is 14.9. The van der Waals surface area contributed by atoms with E-state index in [2.05, 4.69) is 21.0 Å². The first-order valence-electron chi connectivity index (χ1n) is 16.5. The number of ether oxygens (including phenoxy) is 3. The largest absolute Gasteiger partial charge is 0.460 e. The summed E-state index contributed by atoms with van der Waals surface area (Å²) in [5.74, 6) is -1.80. The second-order valence-electron chi connectivity index (χ2n) is 12.5. The Morgan fingerprint density at radius 2 is 1.59 bits per heavy atom. The third-order valence-corrected chi connectivity index (χ3v) is 7.28. The minimum Gasteiger partial charge on any atom is -0.460 e. The average Bonchev–Trinajstić information content (AvgIpc) is 3.04. The number of hydrogen-bond donors (Lipinski definition) is 3. The van der Waals surface area contributed by atoms with E-state index in [1.807, 2.05) is 74.5 Å². The van der Waals surface area contributed by atoms with Gasteiger partial charge in [0.25, 0.3) is 0 Å². The van der Waals surface area contributed by atoms with Crippen molar-refractivity contribution in [3.05, 3.63) is 78.0 Å². The first-order valence-corrected chi connectivity index (χ1v) is 16.5. The van der Waals surface area contributed by atoms with Crippen LogP contribution in [0.5, 0.6) is 0 Å². The summed E-state index contributed by atoms with van der Waals surface area (Å²) in [5, 5.41) is 7.63. The summed E-state index contributed by atoms with van der Waals surface area (Å²) in [4.78, 5) is 59.5. The number of carbonyl (C=O) groups excluding carboxylic acids is 4. The first kappa shape index (κ1) is 38.9. The lowest BCUT2D eigenvalue weighted by atomic mass is 10.1. The van der Waals surface area contributed by atoms with Gasteiger partial charge in [0.2, 0.25) is 11.8 Å². The molecule has 0 aliphatic rings. The second kappa shape index (κ2) is 18.8. The number of para-hydroxylation sites is 1. The van der Waals surface area contributed by atoms with Gasteiger partial charge in [0.1, 0.15) is 11.6 Å². The van der Waals surface area contributed by atoms with Crippen LogP contribution >= 0.6 is 0 Å². The Morgan fingerprint density at radius 1 is 0.918 bits per heavy atom. The molecule has 266 valence electrons. The topological polar surface area (TPSA) is 151 Å². The number of esters is 1. The molecule has 0 radical (unpaired) electrons. The second-order valence-corrected chi connectivity index (χ2v) is 12.5. The molecule has 0 spiro atoms. The van der Waals surface area contributed by atoms with Crippen LogP contribution in [0.3, 0.4) is 0 Å². The maximum absolute atomic E-state index is 14.5. The van der Waals surface area contributed by atoms with E-state index in [4.69, 9.17) is 14.2 Å². The highest BCUT2D eigenvalue weighted by Crippen LogP contribution is 2.22. The van der Waals surface area contributed by atoms with Gasteiger partial charge >= 0.3 is 12.0 Å². The predicted molar refractivity (Wildman–Crippen MR) is 186 cm³/mol. The Hall–Kier alpha value is -4.59. The minimum atomic E-state index is -1.31. The van der Waals surface area contributed by atoms with E-state index in [0.29, 0.717) is 25.3 Å². The lowest BCUT2D eigenvalue weighted by molar-refractivity contribution is -0.180. The van der Waals surface area contributed by atoms with Gasteiger partial charge in [-0.25, -0.2) is 9.80 Å². The molecule has 0 fully saturated rings. The third-order valence-electron chi connectivity index (χ3n) is 7.28. The number of aromatic nitrogens is 1. The van der Waals surface area contributed by atoms with Crippen LogP contribution in [0.4, 0.5) is 4.79 Å². The van der Waals surface area contributed by atoms with Gasteiger partial charge < -0.3 is 29.7 Å². The van der Waals surface area contributed by atoms with Crippen molar-refractivity contribution in [2.24, 2.45) is 0 Å². The van der Waals surface area contributed by atoms with Crippen molar-refractivity contribution in [2.45, 2.75) is 85.0 Å². The highest BCUT2D eigenvalue weighted by Gasteiger charge is 2.36. The summed E-state index contributed by atoms with van der Waals surface area (Å²) in [6.07, 6.45) is 0.467. The molecule has 1 aromatic heterocycles. The fourth-order valence-corrected chi connectivity index (χ4v) is 5.14. The zero-order valence-corrected chi connectivity index (χ0v) is 29.5. The summed E-state index contributed by atoms with van der Waals surface area (Å²) < 4.78 is 17.3. The summed E-state index contributed by atoms with van der Waals surface area (Å²) in [6.45, 7) is 11.4. The fraction of sp³-hybridized carbons (Fsp3) is 0.472. The molecule has 3 rings (SSSR count). The number of nitrogens with zero attached hydrogens (tertiary/aromatic N) is 3. The number of amides is 4. The summed E-state index contributed by atoms with van der Waals surface area (Å²) in [7, 11) is 1.52. The molecule has 2 unspecified atom stereocenters. The van der Waals surface area contributed by atoms with Crippen molar-refractivity contribution < 1.29 is 33.4 Å². The normalized spacial score (nSPS) is 12.8. The van der Waals surface area contributed by atoms with Crippen molar-refractivity contribution in [3.8, 4) is 0 Å². The molecule has 0 aliphatic heterocycles. The number of urea groups is 1. The van der Waals surface area contributed by atoms with Crippen LogP contribution in [-0.2, 0) is 41.7 Å². The molecule has 13 nitrogen and oxygen atoms in total. The van der Waals surface area contributed by atoms with Gasteiger partial charge in [-0.15, -0.1) is 0 Å². The molecule has 0 bridgehead atoms. The van der Waals surface area contributed by atoms with Crippen LogP contribution in [0.1, 0.15) is 59.1 Å². The van der Waals surface area contributed by atoms with Crippen molar-refractivity contribution in [1.29, 1.82) is 0 Å². The molecule has 13 heteroatoms. The first-order chi connectivity index (χ1) is 23.3. The van der Waals surface area contributed by atoms with E-state index in [-0.39, 0.29) is 13.1 Å². The summed E-state index contributed by atoms with van der Waals surface area (Å²) >= 11 is 0. The lowest BCUT2D eigenvalue weighted by Gasteiger charge is -2.36. The quantitative estimate of drug-likeness (QED) is 0.110. The Balaban J connectivity index is 1.86. The highest BCUT2D eigenvalue weighted by molar-refractivity contribution is 5.92. The van der Waals surface area contributed by atoms with Crippen LogP contribution in [0.25, 0.3) is 10.9 Å². The maximum Gasteiger partial charge on any atom is 0.329 e. The van der Waals surface area contributed by atoms with Crippen LogP contribution in [-0.4, -0.2) is 89.5 Å². The zero-order valence-electron chi connectivity index (χ0n) is 29.5. The molecule has 3 aromatic rings. The van der Waals surface area contributed by atoms with Gasteiger partial charge in [0.05, 0.1) is 24.5 Å². The number of carbonyl (C=O) groups is 4. The van der Waals surface area contributed by atoms with Crippen molar-refractivity contribution in [2.75, 3.05) is 26.8 Å². The molecular formula is C36H50N6O7. The number of pyridine rings is 1. The third kappa shape index (κ3) is 12.7. The number of likely N-dealkylation sites (N-methyl/N-ethyl adjacent to an activating group) is 1. The number of nitrogens with one attached hydrogen (secondary N) is 3. The minimum absolute atomic E-state index is 0.0920. The van der Waals surface area contributed by atoms with Gasteiger partial charge in [-0.05, 0) is 58.7 Å². The number of fused-ring (bicyclic) bond motifs is 1. The van der Waals surface area contributed by atoms with Crippen molar-refractivity contribution in [3.63, 3.8) is 0 Å². The van der Waals surface area contributed by atoms with Gasteiger partial charge in [0.15, 0.2) is 6.29 Å². The summed E-state index contributed by atoms with van der Waals surface area (Å²) in [5.41, 5.74) is 4.16. The maximum atomic E-state index is 14.5. The SMILES string of the molecule is CCOC(OCC)C(C)N(Cc1cccc2cccnc12)C(=O)C(CC(=O)OC(C)(C)C)NC(=O)CN(C)NC(=O)NCc1ccccc1. The van der Waals surface area contributed by atoms with Gasteiger partial charge in [-0.1, -0.05) is 54.6 Å². The molecule has 0 aliphatic carbocycles. The number of hydrazine groups is 1. The lowest BCUT2D eigenvalue weighted by Crippen LogP contribution is -2.56. The monoisotopic (exact) mass is 678 g/mol. The van der Waals surface area contributed by atoms with Crippen molar-refractivity contribution in [1.82, 2.24) is 31.0 Å². The van der Waals surface area contributed by atoms with E-state index in [1.54, 1.807) is 33.9 Å². The Labute approximate surface area is 288 Å². The van der Waals surface area contributed by atoms with Gasteiger partial charge in [-0.3, -0.25) is 24.8 Å². The predicted octanol–water partition coefficient (Wildman–Crippen LogP) is 3.91. The molecule has 0 saturated heterocycles. The molecule has 1 heterocycles. The van der Waals surface area contributed by atoms with E-state index in [0.717, 1.165) is 16.5 Å². The van der Waals surface area contributed by atoms with E-state index < -0.39 is 54.2 Å². The number of hydrogen-bond acceptors (Lipinski definition) is 9. The molecule has 2 aromatic carbocycles.